The number of aliphatic carboxylic acids is 1. The molecule has 13 heteroatoms. The van der Waals surface area contributed by atoms with Gasteiger partial charge in [-0.2, -0.15) is 13.2 Å². The van der Waals surface area contributed by atoms with Gasteiger partial charge in [-0.05, 0) is 97.3 Å². The van der Waals surface area contributed by atoms with Crippen molar-refractivity contribution < 1.29 is 41.4 Å². The number of pyridine rings is 1. The topological polar surface area (TPSA) is 112 Å². The van der Waals surface area contributed by atoms with E-state index in [4.69, 9.17) is 0 Å². The van der Waals surface area contributed by atoms with Crippen molar-refractivity contribution in [2.24, 2.45) is 11.8 Å². The fraction of sp³-hybridized carbons (Fsp3) is 0.444. The molecule has 0 bridgehead atoms. The Morgan fingerprint density at radius 2 is 1.63 bits per heavy atom. The number of nitrogens with zero attached hydrogens (tertiary/aromatic N) is 2. The van der Waals surface area contributed by atoms with Gasteiger partial charge in [0.05, 0.1) is 18.4 Å². The van der Waals surface area contributed by atoms with Crippen LogP contribution in [0.15, 0.2) is 42.5 Å². The summed E-state index contributed by atoms with van der Waals surface area (Å²) in [5.41, 5.74) is 3.00. The van der Waals surface area contributed by atoms with Crippen LogP contribution in [-0.4, -0.2) is 64.6 Å². The number of hydrogen-bond acceptors (Lipinski definition) is 5. The second-order valence-corrected chi connectivity index (χ2v) is 13.2. The third-order valence-electron chi connectivity index (χ3n) is 8.61. The fourth-order valence-electron chi connectivity index (χ4n) is 6.16. The monoisotopic (exact) mass is 688 g/mol. The van der Waals surface area contributed by atoms with Gasteiger partial charge in [-0.15, -0.1) is 0 Å². The van der Waals surface area contributed by atoms with E-state index in [1.807, 2.05) is 13.8 Å². The van der Waals surface area contributed by atoms with Crippen LogP contribution < -0.4 is 10.6 Å². The summed E-state index contributed by atoms with van der Waals surface area (Å²) in [5.74, 6) is -5.25. The summed E-state index contributed by atoms with van der Waals surface area (Å²) in [7, 11) is 0. The highest BCUT2D eigenvalue weighted by Crippen LogP contribution is 2.35. The zero-order valence-corrected chi connectivity index (χ0v) is 28.0. The van der Waals surface area contributed by atoms with Gasteiger partial charge < -0.3 is 20.6 Å². The fourth-order valence-corrected chi connectivity index (χ4v) is 6.16. The van der Waals surface area contributed by atoms with Gasteiger partial charge in [-0.1, -0.05) is 19.9 Å². The molecule has 0 saturated carbocycles. The summed E-state index contributed by atoms with van der Waals surface area (Å²) in [6.07, 6.45) is -4.39. The maximum absolute atomic E-state index is 15.7. The van der Waals surface area contributed by atoms with Gasteiger partial charge in [0.2, 0.25) is 5.91 Å². The molecule has 3 N–H and O–H groups in total. The van der Waals surface area contributed by atoms with Crippen molar-refractivity contribution in [3.8, 4) is 11.1 Å². The molecule has 0 aliphatic carbocycles. The highest BCUT2D eigenvalue weighted by molar-refractivity contribution is 5.96. The highest BCUT2D eigenvalue weighted by atomic mass is 19.4. The molecular weight excluding hydrogens is 647 g/mol. The van der Waals surface area contributed by atoms with E-state index in [0.29, 0.717) is 40.9 Å². The number of carboxylic acid groups (broad SMARTS) is 1. The average molecular weight is 689 g/mol. The molecule has 0 unspecified atom stereocenters. The van der Waals surface area contributed by atoms with Gasteiger partial charge >= 0.3 is 12.1 Å². The minimum absolute atomic E-state index is 0.00247. The molecule has 2 amide bonds. The highest BCUT2D eigenvalue weighted by Gasteiger charge is 2.46. The normalized spacial score (nSPS) is 15.1. The first-order valence-electron chi connectivity index (χ1n) is 16.1. The molecule has 264 valence electrons. The average Bonchev–Trinajstić information content (AvgIpc) is 2.95. The number of aryl methyl sites for hydroxylation is 3. The van der Waals surface area contributed by atoms with E-state index in [1.54, 1.807) is 36.9 Å². The number of carboxylic acids is 1. The van der Waals surface area contributed by atoms with Crippen LogP contribution in [0.4, 0.5) is 22.0 Å². The molecule has 1 saturated heterocycles. The molecule has 1 aliphatic heterocycles. The first-order valence-corrected chi connectivity index (χ1v) is 16.1. The first-order chi connectivity index (χ1) is 22.9. The molecule has 2 atom stereocenters. The van der Waals surface area contributed by atoms with Crippen LogP contribution in [0.3, 0.4) is 0 Å². The number of rotatable bonds is 13. The largest absolute Gasteiger partial charge is 0.481 e. The molecule has 2 heterocycles. The molecule has 3 aromatic rings. The predicted octanol–water partition coefficient (Wildman–Crippen LogP) is 6.47. The third kappa shape index (κ3) is 9.62. The van der Waals surface area contributed by atoms with E-state index < -0.39 is 60.0 Å². The third-order valence-corrected chi connectivity index (χ3v) is 8.61. The molecule has 1 aromatic heterocycles. The maximum atomic E-state index is 15.7. The Kier molecular flexibility index (Phi) is 11.8. The van der Waals surface area contributed by atoms with Gasteiger partial charge in [0.25, 0.3) is 5.91 Å². The number of nitrogens with one attached hydrogen (secondary N) is 2. The number of likely N-dealkylation sites (tertiary alicyclic amines) is 1. The van der Waals surface area contributed by atoms with Gasteiger partial charge in [-0.25, -0.2) is 13.8 Å². The lowest BCUT2D eigenvalue weighted by Crippen LogP contribution is -2.53. The lowest BCUT2D eigenvalue weighted by atomic mass is 9.90. The number of alkyl halides is 3. The van der Waals surface area contributed by atoms with Crippen LogP contribution in [0.25, 0.3) is 11.1 Å². The Hall–Kier alpha value is -4.39. The maximum Gasteiger partial charge on any atom is 0.394 e. The van der Waals surface area contributed by atoms with Crippen LogP contribution in [0.2, 0.25) is 0 Å². The van der Waals surface area contributed by atoms with Crippen molar-refractivity contribution in [3.05, 3.63) is 87.7 Å². The second kappa shape index (κ2) is 15.4. The van der Waals surface area contributed by atoms with Crippen LogP contribution >= 0.6 is 0 Å². The molecule has 49 heavy (non-hydrogen) atoms. The standard InChI is InChI=1S/C36H41F5N4O4/c1-19(2)11-30(44-34(48)28-8-6-7-26(42-28)9-10-45-17-24(18-45)36(39,40)41)35(49)43-29(16-31(46)47)27-15-23(12-22(5)33(27)38)32-20(3)13-25(37)14-21(32)4/h6-8,12-15,19,24,29-30H,9-11,16-18H2,1-5H3,(H,43,49)(H,44,48)(H,46,47)/t29-,30-/m0/s1. The van der Waals surface area contributed by atoms with Crippen LogP contribution in [0, 0.1) is 44.2 Å². The van der Waals surface area contributed by atoms with Crippen LogP contribution in [0.1, 0.15) is 71.2 Å². The molecule has 8 nitrogen and oxygen atoms in total. The lowest BCUT2D eigenvalue weighted by molar-refractivity contribution is -0.208. The van der Waals surface area contributed by atoms with E-state index in [0.717, 1.165) is 0 Å². The summed E-state index contributed by atoms with van der Waals surface area (Å²) < 4.78 is 68.2. The zero-order chi connectivity index (χ0) is 36.2. The zero-order valence-electron chi connectivity index (χ0n) is 28.0. The van der Waals surface area contributed by atoms with Gasteiger partial charge in [-0.3, -0.25) is 14.4 Å². The smallest absolute Gasteiger partial charge is 0.394 e. The van der Waals surface area contributed by atoms with Crippen molar-refractivity contribution in [3.63, 3.8) is 0 Å². The number of carbonyl (C=O) groups is 3. The number of hydrogen-bond donors (Lipinski definition) is 3. The Morgan fingerprint density at radius 3 is 2.22 bits per heavy atom. The Bertz CT molecular complexity index is 1680. The van der Waals surface area contributed by atoms with E-state index in [2.05, 4.69) is 15.6 Å². The molecule has 1 aliphatic rings. The van der Waals surface area contributed by atoms with Crippen LogP contribution in [0.5, 0.6) is 0 Å². The summed E-state index contributed by atoms with van der Waals surface area (Å²) in [6.45, 7) is 8.77. The van der Waals surface area contributed by atoms with E-state index in [1.165, 1.54) is 31.2 Å². The predicted molar refractivity (Wildman–Crippen MR) is 174 cm³/mol. The Morgan fingerprint density at radius 1 is 0.980 bits per heavy atom. The summed E-state index contributed by atoms with van der Waals surface area (Å²) in [4.78, 5) is 44.9. The SMILES string of the molecule is Cc1cc(-c2c(C)cc(F)cc2C)cc([C@H](CC(=O)O)NC(=O)[C@H](CC(C)C)NC(=O)c2cccc(CCN3CC(C(F)(F)F)C3)n2)c1F. The molecule has 0 radical (unpaired) electrons. The summed E-state index contributed by atoms with van der Waals surface area (Å²) in [6, 6.07) is 7.99. The first kappa shape index (κ1) is 37.4. The summed E-state index contributed by atoms with van der Waals surface area (Å²) >= 11 is 0. The molecular formula is C36H41F5N4O4. The number of halogens is 5. The number of aromatic nitrogens is 1. The van der Waals surface area contributed by atoms with E-state index in [9.17, 15) is 37.1 Å². The quantitative estimate of drug-likeness (QED) is 0.178. The van der Waals surface area contributed by atoms with Gasteiger partial charge in [0.1, 0.15) is 23.4 Å². The Labute approximate surface area is 282 Å². The number of carbonyl (C=O) groups excluding carboxylic acids is 2. The number of amides is 2. The minimum atomic E-state index is -4.22. The lowest BCUT2D eigenvalue weighted by Gasteiger charge is -2.40. The second-order valence-electron chi connectivity index (χ2n) is 13.2. The van der Waals surface area contributed by atoms with Crippen LogP contribution in [-0.2, 0) is 16.0 Å². The van der Waals surface area contributed by atoms with E-state index >= 15 is 4.39 Å². The molecule has 0 spiro atoms. The summed E-state index contributed by atoms with van der Waals surface area (Å²) in [5, 5.41) is 15.0. The van der Waals surface area contributed by atoms with Crippen molar-refractivity contribution in [2.75, 3.05) is 19.6 Å². The minimum Gasteiger partial charge on any atom is -0.481 e. The number of benzene rings is 2. The molecule has 4 rings (SSSR count). The van der Waals surface area contributed by atoms with Gasteiger partial charge in [0, 0.05) is 37.3 Å². The van der Waals surface area contributed by atoms with Crippen molar-refractivity contribution in [1.29, 1.82) is 0 Å². The molecule has 1 fully saturated rings. The van der Waals surface area contributed by atoms with E-state index in [-0.39, 0.29) is 42.2 Å². The Balaban J connectivity index is 1.53. The van der Waals surface area contributed by atoms with Crippen molar-refractivity contribution in [1.82, 2.24) is 20.5 Å². The van der Waals surface area contributed by atoms with Crippen molar-refractivity contribution in [2.45, 2.75) is 72.1 Å². The molecule has 2 aromatic carbocycles. The van der Waals surface area contributed by atoms with Gasteiger partial charge in [0.15, 0.2) is 0 Å². The van der Waals surface area contributed by atoms with Crippen molar-refractivity contribution >= 4 is 17.8 Å².